The van der Waals surface area contributed by atoms with Crippen LogP contribution in [0.1, 0.15) is 39.5 Å². The van der Waals surface area contributed by atoms with Crippen LogP contribution < -0.4 is 11.1 Å². The van der Waals surface area contributed by atoms with Crippen LogP contribution in [0, 0.1) is 5.41 Å². The number of amides is 1. The van der Waals surface area contributed by atoms with Crippen molar-refractivity contribution < 1.29 is 4.79 Å². The summed E-state index contributed by atoms with van der Waals surface area (Å²) < 4.78 is 0.657. The molecule has 1 amide bonds. The summed E-state index contributed by atoms with van der Waals surface area (Å²) in [5.41, 5.74) is 5.72. The van der Waals surface area contributed by atoms with Gasteiger partial charge in [0.05, 0.1) is 25.6 Å². The molecule has 21 heavy (non-hydrogen) atoms. The smallest absolute Gasteiger partial charge is 0.237 e. The molecule has 0 aromatic heterocycles. The number of hydrogen-bond donors (Lipinski definition) is 2. The highest BCUT2D eigenvalue weighted by Crippen LogP contribution is 2.35. The summed E-state index contributed by atoms with van der Waals surface area (Å²) in [6, 6.07) is 5.32. The maximum absolute atomic E-state index is 12.8. The van der Waals surface area contributed by atoms with Gasteiger partial charge in [-0.3, -0.25) is 4.79 Å². The minimum atomic E-state index is -0.805. The Morgan fingerprint density at radius 3 is 2.43 bits per heavy atom. The Balaban J connectivity index is 3.11. The van der Waals surface area contributed by atoms with Crippen LogP contribution in [0.2, 0.25) is 5.02 Å². The van der Waals surface area contributed by atoms with Crippen molar-refractivity contribution in [3.8, 4) is 0 Å². The molecule has 0 atom stereocenters. The van der Waals surface area contributed by atoms with Gasteiger partial charge in [-0.25, -0.2) is 0 Å². The molecule has 1 aromatic rings. The SMILES string of the molecule is CCCC(CCC)(C(=O)Nc1cccc(Cl)c1Br)C(N)=S. The van der Waals surface area contributed by atoms with Crippen LogP contribution >= 0.6 is 39.7 Å². The van der Waals surface area contributed by atoms with Crippen LogP contribution in [0.5, 0.6) is 0 Å². The molecule has 0 unspecified atom stereocenters. The van der Waals surface area contributed by atoms with E-state index in [1.165, 1.54) is 0 Å². The topological polar surface area (TPSA) is 55.1 Å². The second-order valence-electron chi connectivity index (χ2n) is 5.00. The Morgan fingerprint density at radius 1 is 1.38 bits per heavy atom. The van der Waals surface area contributed by atoms with Gasteiger partial charge in [-0.1, -0.05) is 56.6 Å². The zero-order valence-electron chi connectivity index (χ0n) is 12.2. The standard InChI is InChI=1S/C15H20BrClN2OS/c1-3-8-15(9-4-2,13(18)21)14(20)19-11-7-5-6-10(17)12(11)16/h5-7H,3-4,8-9H2,1-2H3,(H2,18,21)(H,19,20). The van der Waals surface area contributed by atoms with Crippen LogP contribution in [0.15, 0.2) is 22.7 Å². The van der Waals surface area contributed by atoms with Crippen molar-refractivity contribution in [2.45, 2.75) is 39.5 Å². The van der Waals surface area contributed by atoms with Crippen molar-refractivity contribution in [1.29, 1.82) is 0 Å². The van der Waals surface area contributed by atoms with Gasteiger partial charge in [0.2, 0.25) is 5.91 Å². The number of halogens is 2. The maximum Gasteiger partial charge on any atom is 0.237 e. The van der Waals surface area contributed by atoms with E-state index in [0.717, 1.165) is 12.8 Å². The van der Waals surface area contributed by atoms with E-state index in [9.17, 15) is 4.79 Å². The Morgan fingerprint density at radius 2 is 1.95 bits per heavy atom. The zero-order chi connectivity index (χ0) is 16.0. The first kappa shape index (κ1) is 18.4. The fraction of sp³-hybridized carbons (Fsp3) is 0.467. The summed E-state index contributed by atoms with van der Waals surface area (Å²) in [7, 11) is 0. The number of benzene rings is 1. The summed E-state index contributed by atoms with van der Waals surface area (Å²) >= 11 is 14.6. The number of carbonyl (C=O) groups is 1. The quantitative estimate of drug-likeness (QED) is 0.649. The zero-order valence-corrected chi connectivity index (χ0v) is 15.4. The number of rotatable bonds is 7. The number of hydrogen-bond acceptors (Lipinski definition) is 2. The van der Waals surface area contributed by atoms with Crippen molar-refractivity contribution in [2.24, 2.45) is 11.1 Å². The van der Waals surface area contributed by atoms with Crippen LogP contribution in [0.3, 0.4) is 0 Å². The molecule has 0 spiro atoms. The molecule has 3 N–H and O–H groups in total. The highest BCUT2D eigenvalue weighted by atomic mass is 79.9. The minimum Gasteiger partial charge on any atom is -0.392 e. The molecule has 0 aliphatic heterocycles. The monoisotopic (exact) mass is 390 g/mol. The molecule has 0 fully saturated rings. The average Bonchev–Trinajstić information content (AvgIpc) is 2.43. The molecule has 0 radical (unpaired) electrons. The molecule has 0 saturated heterocycles. The highest BCUT2D eigenvalue weighted by molar-refractivity contribution is 9.10. The first-order valence-electron chi connectivity index (χ1n) is 6.94. The van der Waals surface area contributed by atoms with Crippen LogP contribution in [0.4, 0.5) is 5.69 Å². The minimum absolute atomic E-state index is 0.165. The number of anilines is 1. The molecule has 1 aromatic carbocycles. The van der Waals surface area contributed by atoms with Crippen molar-refractivity contribution in [3.63, 3.8) is 0 Å². The van der Waals surface area contributed by atoms with E-state index in [1.54, 1.807) is 18.2 Å². The van der Waals surface area contributed by atoms with Gasteiger partial charge < -0.3 is 11.1 Å². The lowest BCUT2D eigenvalue weighted by molar-refractivity contribution is -0.122. The summed E-state index contributed by atoms with van der Waals surface area (Å²) in [6.45, 7) is 4.04. The predicted octanol–water partition coefficient (Wildman–Crippen LogP) is 4.91. The van der Waals surface area contributed by atoms with E-state index in [4.69, 9.17) is 29.6 Å². The third-order valence-electron chi connectivity index (χ3n) is 3.46. The van der Waals surface area contributed by atoms with Crippen LogP contribution in [0.25, 0.3) is 0 Å². The molecule has 1 rings (SSSR count). The molecular formula is C15H20BrClN2OS. The molecule has 6 heteroatoms. The Labute approximate surface area is 144 Å². The largest absolute Gasteiger partial charge is 0.392 e. The van der Waals surface area contributed by atoms with E-state index in [0.29, 0.717) is 28.0 Å². The van der Waals surface area contributed by atoms with Crippen molar-refractivity contribution >= 4 is 56.3 Å². The molecule has 3 nitrogen and oxygen atoms in total. The first-order valence-corrected chi connectivity index (χ1v) is 8.52. The lowest BCUT2D eigenvalue weighted by atomic mass is 9.78. The molecule has 0 aliphatic rings. The van der Waals surface area contributed by atoms with E-state index < -0.39 is 5.41 Å². The van der Waals surface area contributed by atoms with Crippen molar-refractivity contribution in [2.75, 3.05) is 5.32 Å². The van der Waals surface area contributed by atoms with Gasteiger partial charge in [0.15, 0.2) is 0 Å². The van der Waals surface area contributed by atoms with Gasteiger partial charge in [-0.15, -0.1) is 0 Å². The third kappa shape index (κ3) is 4.18. The molecule has 0 saturated carbocycles. The van der Waals surface area contributed by atoms with Crippen molar-refractivity contribution in [3.05, 3.63) is 27.7 Å². The highest BCUT2D eigenvalue weighted by Gasteiger charge is 2.40. The van der Waals surface area contributed by atoms with Gasteiger partial charge in [0, 0.05) is 0 Å². The maximum atomic E-state index is 12.8. The molecular weight excluding hydrogens is 372 g/mol. The van der Waals surface area contributed by atoms with E-state index in [2.05, 4.69) is 21.2 Å². The molecule has 0 heterocycles. The first-order chi connectivity index (χ1) is 9.89. The third-order valence-corrected chi connectivity index (χ3v) is 5.25. The Hall–Kier alpha value is -0.650. The summed E-state index contributed by atoms with van der Waals surface area (Å²) in [6.07, 6.45) is 2.95. The van der Waals surface area contributed by atoms with Gasteiger partial charge in [-0.05, 0) is 40.9 Å². The lowest BCUT2D eigenvalue weighted by Gasteiger charge is -2.31. The molecule has 116 valence electrons. The second kappa shape index (κ2) is 8.11. The van der Waals surface area contributed by atoms with Gasteiger partial charge in [0.1, 0.15) is 0 Å². The van der Waals surface area contributed by atoms with Crippen LogP contribution in [-0.4, -0.2) is 10.9 Å². The van der Waals surface area contributed by atoms with Gasteiger partial charge in [-0.2, -0.15) is 0 Å². The van der Waals surface area contributed by atoms with E-state index in [1.807, 2.05) is 13.8 Å². The van der Waals surface area contributed by atoms with E-state index in [-0.39, 0.29) is 10.9 Å². The molecule has 0 aliphatic carbocycles. The van der Waals surface area contributed by atoms with Crippen molar-refractivity contribution in [1.82, 2.24) is 0 Å². The molecule has 0 bridgehead atoms. The van der Waals surface area contributed by atoms with Gasteiger partial charge >= 0.3 is 0 Å². The Bertz CT molecular complexity index is 530. The average molecular weight is 392 g/mol. The fourth-order valence-electron chi connectivity index (χ4n) is 2.41. The summed E-state index contributed by atoms with van der Waals surface area (Å²) in [5, 5.41) is 3.45. The Kier molecular flexibility index (Phi) is 7.10. The lowest BCUT2D eigenvalue weighted by Crippen LogP contribution is -2.46. The normalized spacial score (nSPS) is 11.2. The summed E-state index contributed by atoms with van der Waals surface area (Å²) in [4.78, 5) is 13.0. The predicted molar refractivity (Wildman–Crippen MR) is 96.8 cm³/mol. The fourth-order valence-corrected chi connectivity index (χ4v) is 3.24. The van der Waals surface area contributed by atoms with E-state index >= 15 is 0 Å². The number of nitrogens with one attached hydrogen (secondary N) is 1. The van der Waals surface area contributed by atoms with Gasteiger partial charge in [0.25, 0.3) is 0 Å². The number of nitrogens with two attached hydrogens (primary N) is 1. The number of thiocarbonyl (C=S) groups is 1. The summed E-state index contributed by atoms with van der Waals surface area (Å²) in [5.74, 6) is -0.165. The number of carbonyl (C=O) groups excluding carboxylic acids is 1. The second-order valence-corrected chi connectivity index (χ2v) is 6.64. The van der Waals surface area contributed by atoms with Crippen LogP contribution in [-0.2, 0) is 4.79 Å².